The van der Waals surface area contributed by atoms with Crippen LogP contribution in [-0.4, -0.2) is 73.3 Å². The molecule has 1 aromatic rings. The monoisotopic (exact) mass is 380 g/mol. The van der Waals surface area contributed by atoms with Gasteiger partial charge in [0.05, 0.1) is 13.2 Å². The number of hydrogen-bond donors (Lipinski definition) is 0. The summed E-state index contributed by atoms with van der Waals surface area (Å²) in [6.07, 6.45) is -4.67. The fourth-order valence-corrected chi connectivity index (χ4v) is 5.61. The fraction of sp³-hybridized carbons (Fsp3) is 0.786. The van der Waals surface area contributed by atoms with Crippen LogP contribution in [0.4, 0.5) is 13.2 Å². The predicted octanol–water partition coefficient (Wildman–Crippen LogP) is 0.392. The SMILES string of the molecule is Cn1nc(C(F)(F)F)cc1S(=O)(=O)N1CC2(CN(CC3COC3)C2)C1. The molecule has 0 atom stereocenters. The molecule has 1 spiro atoms. The van der Waals surface area contributed by atoms with Crippen LogP contribution in [0.15, 0.2) is 11.1 Å². The Morgan fingerprint density at radius 3 is 2.40 bits per heavy atom. The maximum Gasteiger partial charge on any atom is 0.435 e. The second kappa shape index (κ2) is 5.41. The summed E-state index contributed by atoms with van der Waals surface area (Å²) in [5, 5.41) is 2.87. The number of likely N-dealkylation sites (tertiary alicyclic amines) is 1. The van der Waals surface area contributed by atoms with E-state index in [1.54, 1.807) is 0 Å². The van der Waals surface area contributed by atoms with Crippen LogP contribution < -0.4 is 0 Å². The number of hydrogen-bond acceptors (Lipinski definition) is 5. The lowest BCUT2D eigenvalue weighted by atomic mass is 9.74. The van der Waals surface area contributed by atoms with Crippen LogP contribution in [0, 0.1) is 11.3 Å². The van der Waals surface area contributed by atoms with E-state index in [-0.39, 0.29) is 5.41 Å². The number of halogens is 3. The zero-order valence-electron chi connectivity index (χ0n) is 13.7. The summed E-state index contributed by atoms with van der Waals surface area (Å²) in [6.45, 7) is 4.88. The Kier molecular flexibility index (Phi) is 3.74. The molecule has 11 heteroatoms. The van der Waals surface area contributed by atoms with E-state index in [1.165, 1.54) is 11.4 Å². The molecule has 3 saturated heterocycles. The highest BCUT2D eigenvalue weighted by atomic mass is 32.2. The summed E-state index contributed by atoms with van der Waals surface area (Å²) in [6, 6.07) is 0.601. The van der Waals surface area contributed by atoms with E-state index in [9.17, 15) is 21.6 Å². The van der Waals surface area contributed by atoms with Gasteiger partial charge in [-0.05, 0) is 0 Å². The summed E-state index contributed by atoms with van der Waals surface area (Å²) in [7, 11) is -2.75. The van der Waals surface area contributed by atoms with Gasteiger partial charge in [0.1, 0.15) is 0 Å². The normalized spacial score (nSPS) is 24.8. The summed E-state index contributed by atoms with van der Waals surface area (Å²) < 4.78 is 70.5. The molecule has 4 rings (SSSR count). The molecule has 25 heavy (non-hydrogen) atoms. The minimum atomic E-state index is -4.67. The Morgan fingerprint density at radius 2 is 1.92 bits per heavy atom. The predicted molar refractivity (Wildman–Crippen MR) is 80.2 cm³/mol. The molecule has 0 aliphatic carbocycles. The summed E-state index contributed by atoms with van der Waals surface area (Å²) in [5.74, 6) is 0.562. The molecule has 0 saturated carbocycles. The van der Waals surface area contributed by atoms with Crippen molar-refractivity contribution >= 4 is 10.0 Å². The molecule has 0 radical (unpaired) electrons. The Labute approximate surface area is 143 Å². The van der Waals surface area contributed by atoms with Crippen LogP contribution in [0.1, 0.15) is 5.69 Å². The van der Waals surface area contributed by atoms with Crippen molar-refractivity contribution in [3.63, 3.8) is 0 Å². The molecule has 140 valence electrons. The number of sulfonamides is 1. The number of nitrogens with zero attached hydrogens (tertiary/aromatic N) is 4. The molecule has 3 aliphatic rings. The maximum atomic E-state index is 12.7. The van der Waals surface area contributed by atoms with Gasteiger partial charge in [-0.25, -0.2) is 8.42 Å². The van der Waals surface area contributed by atoms with Crippen molar-refractivity contribution < 1.29 is 26.3 Å². The minimum absolute atomic E-state index is 0.0525. The second-order valence-electron chi connectivity index (χ2n) is 7.34. The number of ether oxygens (including phenoxy) is 1. The van der Waals surface area contributed by atoms with Gasteiger partial charge in [0.25, 0.3) is 10.0 Å². The molecule has 1 aromatic heterocycles. The topological polar surface area (TPSA) is 67.7 Å². The molecule has 3 fully saturated rings. The summed E-state index contributed by atoms with van der Waals surface area (Å²) >= 11 is 0. The van der Waals surface area contributed by atoms with Gasteiger partial charge in [0.2, 0.25) is 0 Å². The Hall–Kier alpha value is -1.17. The minimum Gasteiger partial charge on any atom is -0.381 e. The van der Waals surface area contributed by atoms with E-state index < -0.39 is 26.9 Å². The quantitative estimate of drug-likeness (QED) is 0.756. The van der Waals surface area contributed by atoms with Crippen LogP contribution in [0.25, 0.3) is 0 Å². The molecule has 7 nitrogen and oxygen atoms in total. The summed E-state index contributed by atoms with van der Waals surface area (Å²) in [5.41, 5.74) is -1.25. The number of aromatic nitrogens is 2. The standard InChI is InChI=1S/C14H19F3N4O3S/c1-19-12(2-11(18-19)14(15,16)17)25(22,23)21-8-13(9-21)6-20(7-13)3-10-4-24-5-10/h2,10H,3-9H2,1H3. The van der Waals surface area contributed by atoms with Crippen molar-refractivity contribution in [2.24, 2.45) is 18.4 Å². The van der Waals surface area contributed by atoms with E-state index in [4.69, 9.17) is 4.74 Å². The molecule has 0 bridgehead atoms. The molecular weight excluding hydrogens is 361 g/mol. The lowest BCUT2D eigenvalue weighted by Gasteiger charge is -2.60. The molecule has 0 aromatic carbocycles. The molecule has 3 aliphatic heterocycles. The van der Waals surface area contributed by atoms with Crippen LogP contribution in [-0.2, 0) is 28.0 Å². The highest BCUT2D eigenvalue weighted by molar-refractivity contribution is 7.89. The van der Waals surface area contributed by atoms with Crippen molar-refractivity contribution in [3.05, 3.63) is 11.8 Å². The fourth-order valence-electron chi connectivity index (χ4n) is 3.82. The van der Waals surface area contributed by atoms with Gasteiger partial charge >= 0.3 is 6.18 Å². The van der Waals surface area contributed by atoms with Crippen molar-refractivity contribution in [1.82, 2.24) is 19.0 Å². The largest absolute Gasteiger partial charge is 0.435 e. The third kappa shape index (κ3) is 2.86. The van der Waals surface area contributed by atoms with E-state index in [2.05, 4.69) is 10.00 Å². The second-order valence-corrected chi connectivity index (χ2v) is 9.22. The van der Waals surface area contributed by atoms with Crippen molar-refractivity contribution in [1.29, 1.82) is 0 Å². The molecule has 0 amide bonds. The van der Waals surface area contributed by atoms with Crippen LogP contribution in [0.5, 0.6) is 0 Å². The van der Waals surface area contributed by atoms with Crippen LogP contribution in [0.2, 0.25) is 0 Å². The smallest absolute Gasteiger partial charge is 0.381 e. The van der Waals surface area contributed by atoms with E-state index in [1.807, 2.05) is 0 Å². The average Bonchev–Trinajstić information content (AvgIpc) is 2.75. The zero-order chi connectivity index (χ0) is 18.0. The van der Waals surface area contributed by atoms with E-state index >= 15 is 0 Å². The number of rotatable bonds is 4. The average molecular weight is 380 g/mol. The summed E-state index contributed by atoms with van der Waals surface area (Å²) in [4.78, 5) is 2.28. The van der Waals surface area contributed by atoms with Gasteiger partial charge in [0, 0.05) is 57.2 Å². The third-order valence-corrected chi connectivity index (χ3v) is 6.95. The molecular formula is C14H19F3N4O3S. The first-order chi connectivity index (χ1) is 11.6. The molecule has 4 heterocycles. The third-order valence-electron chi connectivity index (χ3n) is 5.10. The Balaban J connectivity index is 1.39. The highest BCUT2D eigenvalue weighted by Gasteiger charge is 2.56. The van der Waals surface area contributed by atoms with Crippen LogP contribution >= 0.6 is 0 Å². The first kappa shape index (κ1) is 17.3. The first-order valence-corrected chi connectivity index (χ1v) is 9.45. The van der Waals surface area contributed by atoms with E-state index in [0.717, 1.165) is 37.5 Å². The van der Waals surface area contributed by atoms with Crippen molar-refractivity contribution in [2.45, 2.75) is 11.2 Å². The number of aryl methyl sites for hydroxylation is 1. The van der Waals surface area contributed by atoms with Gasteiger partial charge < -0.3 is 9.64 Å². The number of alkyl halides is 3. The van der Waals surface area contributed by atoms with Gasteiger partial charge in [-0.2, -0.15) is 22.6 Å². The van der Waals surface area contributed by atoms with Crippen LogP contribution in [0.3, 0.4) is 0 Å². The Morgan fingerprint density at radius 1 is 1.28 bits per heavy atom. The zero-order valence-corrected chi connectivity index (χ0v) is 14.5. The highest BCUT2D eigenvalue weighted by Crippen LogP contribution is 2.43. The van der Waals surface area contributed by atoms with Gasteiger partial charge in [-0.1, -0.05) is 0 Å². The Bertz CT molecular complexity index is 774. The molecule has 0 unspecified atom stereocenters. The van der Waals surface area contributed by atoms with Gasteiger partial charge in [0.15, 0.2) is 10.7 Å². The first-order valence-electron chi connectivity index (χ1n) is 8.01. The van der Waals surface area contributed by atoms with Gasteiger partial charge in [-0.15, -0.1) is 0 Å². The maximum absolute atomic E-state index is 12.7. The van der Waals surface area contributed by atoms with Gasteiger partial charge in [-0.3, -0.25) is 4.68 Å². The lowest BCUT2D eigenvalue weighted by Crippen LogP contribution is -2.73. The van der Waals surface area contributed by atoms with E-state index in [0.29, 0.717) is 25.1 Å². The van der Waals surface area contributed by atoms with Crippen molar-refractivity contribution in [3.8, 4) is 0 Å². The molecule has 0 N–H and O–H groups in total. The lowest BCUT2D eigenvalue weighted by molar-refractivity contribution is -0.141. The van der Waals surface area contributed by atoms with Crippen molar-refractivity contribution in [2.75, 3.05) is 45.9 Å².